The van der Waals surface area contributed by atoms with Gasteiger partial charge in [0.2, 0.25) is 11.8 Å². The van der Waals surface area contributed by atoms with Crippen molar-refractivity contribution in [3.8, 4) is 0 Å². The number of hydrogen-bond donors (Lipinski definition) is 1. The Morgan fingerprint density at radius 1 is 0.787 bits per heavy atom. The summed E-state index contributed by atoms with van der Waals surface area (Å²) in [5.41, 5.74) is 4.44. The van der Waals surface area contributed by atoms with Crippen LogP contribution in [0.2, 0.25) is 10.0 Å². The number of carbonyl (C=O) groups excluding carboxylic acids is 2. The predicted octanol–water partition coefficient (Wildman–Crippen LogP) is 7.67. The number of benzene rings is 4. The lowest BCUT2D eigenvalue weighted by Crippen LogP contribution is -2.54. The first-order valence-corrected chi connectivity index (χ1v) is 17.7. The third-order valence-corrected chi connectivity index (χ3v) is 10.5. The molecule has 4 aromatic carbocycles. The van der Waals surface area contributed by atoms with E-state index in [1.807, 2.05) is 71.0 Å². The SMILES string of the molecule is CC[C@@H](C)NC(=O)[C@H](Cc1ccccc1)N(Cc1ccc(Cl)c(Cl)c1)C(=O)CN(c1cc(C)cc(C)c1)S(=O)(=O)c1ccc(C)cc1. The molecule has 0 aliphatic rings. The quantitative estimate of drug-likeness (QED) is 0.156. The molecule has 47 heavy (non-hydrogen) atoms. The van der Waals surface area contributed by atoms with Gasteiger partial charge in [-0.25, -0.2) is 8.42 Å². The number of hydrogen-bond acceptors (Lipinski definition) is 4. The Hall–Kier alpha value is -3.85. The molecule has 0 radical (unpaired) electrons. The van der Waals surface area contributed by atoms with Gasteiger partial charge in [0.05, 0.1) is 20.6 Å². The standard InChI is InChI=1S/C37H41Cl2N3O4S/c1-6-28(5)40-37(44)35(22-29-10-8-7-9-11-29)41(23-30-14-17-33(38)34(39)21-30)36(43)24-42(31-19-26(3)18-27(4)20-31)47(45,46)32-15-12-25(2)13-16-32/h7-21,28,35H,6,22-24H2,1-5H3,(H,40,44)/t28-,35+/m1/s1. The lowest BCUT2D eigenvalue weighted by atomic mass is 10.0. The molecule has 1 N–H and O–H groups in total. The van der Waals surface area contributed by atoms with Gasteiger partial charge >= 0.3 is 0 Å². The van der Waals surface area contributed by atoms with Crippen molar-refractivity contribution in [1.82, 2.24) is 10.2 Å². The third-order valence-electron chi connectivity index (χ3n) is 7.99. The maximum Gasteiger partial charge on any atom is 0.264 e. The van der Waals surface area contributed by atoms with E-state index in [0.717, 1.165) is 26.6 Å². The molecule has 0 fully saturated rings. The highest BCUT2D eigenvalue weighted by molar-refractivity contribution is 7.92. The first-order valence-electron chi connectivity index (χ1n) is 15.5. The van der Waals surface area contributed by atoms with Crippen LogP contribution in [0, 0.1) is 20.8 Å². The zero-order valence-corrected chi connectivity index (χ0v) is 29.7. The summed E-state index contributed by atoms with van der Waals surface area (Å²) < 4.78 is 29.7. The van der Waals surface area contributed by atoms with Gasteiger partial charge in [-0.3, -0.25) is 13.9 Å². The Balaban J connectivity index is 1.85. The minimum atomic E-state index is -4.20. The number of aryl methyl sites for hydroxylation is 3. The van der Waals surface area contributed by atoms with Crippen LogP contribution >= 0.6 is 23.2 Å². The number of rotatable bonds is 13. The van der Waals surface area contributed by atoms with Crippen LogP contribution in [-0.4, -0.2) is 43.8 Å². The molecule has 0 aliphatic carbocycles. The molecular formula is C37H41Cl2N3O4S. The second kappa shape index (κ2) is 15.8. The monoisotopic (exact) mass is 693 g/mol. The maximum absolute atomic E-state index is 14.7. The maximum atomic E-state index is 14.7. The summed E-state index contributed by atoms with van der Waals surface area (Å²) in [7, 11) is -4.20. The number of anilines is 1. The van der Waals surface area contributed by atoms with Gasteiger partial charge in [-0.1, -0.05) is 90.3 Å². The average Bonchev–Trinajstić information content (AvgIpc) is 3.03. The Morgan fingerprint density at radius 2 is 1.43 bits per heavy atom. The van der Waals surface area contributed by atoms with E-state index in [9.17, 15) is 18.0 Å². The largest absolute Gasteiger partial charge is 0.352 e. The van der Waals surface area contributed by atoms with E-state index in [1.54, 1.807) is 42.5 Å². The van der Waals surface area contributed by atoms with Crippen molar-refractivity contribution in [3.05, 3.63) is 129 Å². The van der Waals surface area contributed by atoms with Crippen LogP contribution in [0.1, 0.15) is 48.1 Å². The Morgan fingerprint density at radius 3 is 2.02 bits per heavy atom. The Kier molecular flexibility index (Phi) is 12.1. The van der Waals surface area contributed by atoms with Crippen LogP contribution in [0.25, 0.3) is 0 Å². The second-order valence-corrected chi connectivity index (χ2v) is 14.6. The molecule has 0 aromatic heterocycles. The number of nitrogens with zero attached hydrogens (tertiary/aromatic N) is 2. The molecule has 0 saturated heterocycles. The van der Waals surface area contributed by atoms with E-state index in [0.29, 0.717) is 27.7 Å². The van der Waals surface area contributed by atoms with Crippen LogP contribution in [0.3, 0.4) is 0 Å². The van der Waals surface area contributed by atoms with Gasteiger partial charge in [-0.2, -0.15) is 0 Å². The van der Waals surface area contributed by atoms with Crippen molar-refractivity contribution in [2.45, 2.75) is 71.0 Å². The summed E-state index contributed by atoms with van der Waals surface area (Å²) in [4.78, 5) is 30.1. The third kappa shape index (κ3) is 9.37. The van der Waals surface area contributed by atoms with E-state index in [-0.39, 0.29) is 29.8 Å². The normalized spacial score (nSPS) is 12.7. The van der Waals surface area contributed by atoms with Gasteiger partial charge in [-0.05, 0) is 92.8 Å². The highest BCUT2D eigenvalue weighted by Crippen LogP contribution is 2.28. The molecule has 0 saturated carbocycles. The molecule has 248 valence electrons. The van der Waals surface area contributed by atoms with Crippen LogP contribution in [0.5, 0.6) is 0 Å². The van der Waals surface area contributed by atoms with E-state index < -0.39 is 28.5 Å². The highest BCUT2D eigenvalue weighted by atomic mass is 35.5. The van der Waals surface area contributed by atoms with Crippen LogP contribution in [0.4, 0.5) is 5.69 Å². The molecule has 10 heteroatoms. The van der Waals surface area contributed by atoms with Gasteiger partial charge in [0.15, 0.2) is 0 Å². The van der Waals surface area contributed by atoms with Crippen LogP contribution < -0.4 is 9.62 Å². The van der Waals surface area contributed by atoms with E-state index in [2.05, 4.69) is 5.32 Å². The van der Waals surface area contributed by atoms with Gasteiger partial charge in [-0.15, -0.1) is 0 Å². The van der Waals surface area contributed by atoms with Crippen molar-refractivity contribution >= 4 is 50.7 Å². The van der Waals surface area contributed by atoms with Crippen molar-refractivity contribution in [2.24, 2.45) is 0 Å². The molecule has 0 heterocycles. The minimum absolute atomic E-state index is 0.00753. The molecule has 0 spiro atoms. The lowest BCUT2D eigenvalue weighted by molar-refractivity contribution is -0.140. The highest BCUT2D eigenvalue weighted by Gasteiger charge is 2.35. The minimum Gasteiger partial charge on any atom is -0.352 e. The molecule has 7 nitrogen and oxygen atoms in total. The summed E-state index contributed by atoms with van der Waals surface area (Å²) >= 11 is 12.6. The number of carbonyl (C=O) groups is 2. The van der Waals surface area contributed by atoms with Crippen molar-refractivity contribution in [1.29, 1.82) is 0 Å². The zero-order chi connectivity index (χ0) is 34.3. The first-order chi connectivity index (χ1) is 22.3. The van der Waals surface area contributed by atoms with E-state index in [4.69, 9.17) is 23.2 Å². The van der Waals surface area contributed by atoms with Gasteiger partial charge in [0.25, 0.3) is 10.0 Å². The molecule has 4 aromatic rings. The summed E-state index contributed by atoms with van der Waals surface area (Å²) in [6, 6.07) is 25.3. The lowest BCUT2D eigenvalue weighted by Gasteiger charge is -2.34. The van der Waals surface area contributed by atoms with Crippen LogP contribution in [0.15, 0.2) is 95.9 Å². The number of nitrogens with one attached hydrogen (secondary N) is 1. The fourth-order valence-electron chi connectivity index (χ4n) is 5.29. The van der Waals surface area contributed by atoms with Gasteiger partial charge in [0.1, 0.15) is 12.6 Å². The second-order valence-electron chi connectivity index (χ2n) is 12.0. The average molecular weight is 695 g/mol. The van der Waals surface area contributed by atoms with Crippen molar-refractivity contribution in [2.75, 3.05) is 10.8 Å². The summed E-state index contributed by atoms with van der Waals surface area (Å²) in [6.45, 7) is 8.95. The number of halogens is 2. The first kappa shape index (κ1) is 36.0. The smallest absolute Gasteiger partial charge is 0.264 e. The van der Waals surface area contributed by atoms with E-state index >= 15 is 0 Å². The molecule has 0 aliphatic heterocycles. The van der Waals surface area contributed by atoms with Crippen molar-refractivity contribution in [3.63, 3.8) is 0 Å². The molecular weight excluding hydrogens is 653 g/mol. The van der Waals surface area contributed by atoms with Gasteiger partial charge < -0.3 is 10.2 Å². The zero-order valence-electron chi connectivity index (χ0n) is 27.3. The Labute approximate surface area is 288 Å². The Bertz CT molecular complexity index is 1800. The molecule has 2 atom stereocenters. The number of sulfonamides is 1. The molecule has 2 amide bonds. The van der Waals surface area contributed by atoms with Gasteiger partial charge in [0, 0.05) is 19.0 Å². The fraction of sp³-hybridized carbons (Fsp3) is 0.297. The molecule has 4 rings (SSSR count). The summed E-state index contributed by atoms with van der Waals surface area (Å²) in [6.07, 6.45) is 0.907. The summed E-state index contributed by atoms with van der Waals surface area (Å²) in [5, 5.41) is 3.70. The predicted molar refractivity (Wildman–Crippen MR) is 190 cm³/mol. The molecule has 0 bridgehead atoms. The fourth-order valence-corrected chi connectivity index (χ4v) is 7.01. The topological polar surface area (TPSA) is 86.8 Å². The van der Waals surface area contributed by atoms with E-state index in [1.165, 1.54) is 17.0 Å². The van der Waals surface area contributed by atoms with Crippen LogP contribution in [-0.2, 0) is 32.6 Å². The molecule has 0 unspecified atom stereocenters. The summed E-state index contributed by atoms with van der Waals surface area (Å²) in [5.74, 6) is -0.887. The van der Waals surface area contributed by atoms with Crippen molar-refractivity contribution < 1.29 is 18.0 Å². The number of amides is 2.